The van der Waals surface area contributed by atoms with E-state index in [-0.39, 0.29) is 17.3 Å². The van der Waals surface area contributed by atoms with Crippen molar-refractivity contribution in [3.8, 4) is 6.07 Å². The van der Waals surface area contributed by atoms with Crippen molar-refractivity contribution in [1.29, 1.82) is 5.26 Å². The van der Waals surface area contributed by atoms with Gasteiger partial charge in [0.25, 0.3) is 0 Å². The monoisotopic (exact) mass is 343 g/mol. The number of carbonyl (C=O) groups is 1. The Labute approximate surface area is 141 Å². The summed E-state index contributed by atoms with van der Waals surface area (Å²) in [5.74, 6) is -0.257. The fourth-order valence-electron chi connectivity index (χ4n) is 2.02. The quantitative estimate of drug-likeness (QED) is 0.838. The first-order valence-corrected chi connectivity index (χ1v) is 9.07. The Bertz CT molecular complexity index is 869. The number of hydrogen-bond donors (Lipinski definition) is 2. The molecule has 0 heterocycles. The Morgan fingerprint density at radius 2 is 1.83 bits per heavy atom. The van der Waals surface area contributed by atoms with E-state index in [1.165, 1.54) is 12.1 Å². The molecule has 0 aromatic heterocycles. The number of amides is 1. The van der Waals surface area contributed by atoms with E-state index in [0.717, 1.165) is 11.8 Å². The molecule has 0 unspecified atom stereocenters. The third-order valence-corrected chi connectivity index (χ3v) is 4.35. The van der Waals surface area contributed by atoms with Crippen LogP contribution < -0.4 is 10.6 Å². The molecular weight excluding hydrogens is 326 g/mol. The van der Waals surface area contributed by atoms with Crippen molar-refractivity contribution < 1.29 is 13.2 Å². The van der Waals surface area contributed by atoms with Gasteiger partial charge in [0.1, 0.15) is 0 Å². The zero-order valence-corrected chi connectivity index (χ0v) is 13.9. The summed E-state index contributed by atoms with van der Waals surface area (Å²) < 4.78 is 23.0. The van der Waals surface area contributed by atoms with Gasteiger partial charge < -0.3 is 10.6 Å². The first kappa shape index (κ1) is 17.5. The van der Waals surface area contributed by atoms with Gasteiger partial charge >= 0.3 is 0 Å². The highest BCUT2D eigenvalue weighted by molar-refractivity contribution is 7.90. The molecule has 0 fully saturated rings. The molecule has 0 saturated heterocycles. The molecule has 6 nitrogen and oxygen atoms in total. The lowest BCUT2D eigenvalue weighted by Gasteiger charge is -2.09. The van der Waals surface area contributed by atoms with Gasteiger partial charge in [0.2, 0.25) is 5.91 Å². The van der Waals surface area contributed by atoms with Crippen molar-refractivity contribution in [3.05, 3.63) is 54.1 Å². The summed E-state index contributed by atoms with van der Waals surface area (Å²) in [5, 5.41) is 14.2. The lowest BCUT2D eigenvalue weighted by atomic mass is 10.1. The van der Waals surface area contributed by atoms with Gasteiger partial charge in [-0.15, -0.1) is 0 Å². The highest BCUT2D eigenvalue weighted by Crippen LogP contribution is 2.15. The van der Waals surface area contributed by atoms with Crippen LogP contribution in [-0.2, 0) is 21.1 Å². The first-order valence-electron chi connectivity index (χ1n) is 7.18. The third kappa shape index (κ3) is 5.11. The van der Waals surface area contributed by atoms with Crippen LogP contribution in [0.2, 0.25) is 0 Å². The maximum absolute atomic E-state index is 11.9. The van der Waals surface area contributed by atoms with Gasteiger partial charge in [-0.1, -0.05) is 18.2 Å². The molecular formula is C17H17N3O3S. The molecule has 2 N–H and O–H groups in total. The van der Waals surface area contributed by atoms with Crippen LogP contribution in [0.5, 0.6) is 0 Å². The predicted octanol–water partition coefficient (Wildman–Crippen LogP) is 2.21. The van der Waals surface area contributed by atoms with Gasteiger partial charge in [-0.25, -0.2) is 8.42 Å². The summed E-state index contributed by atoms with van der Waals surface area (Å²) in [4.78, 5) is 12.1. The summed E-state index contributed by atoms with van der Waals surface area (Å²) in [5.41, 5.74) is 2.07. The van der Waals surface area contributed by atoms with Gasteiger partial charge in [0, 0.05) is 17.6 Å². The maximum Gasteiger partial charge on any atom is 0.243 e. The van der Waals surface area contributed by atoms with Crippen molar-refractivity contribution in [3.63, 3.8) is 0 Å². The number of nitrogens with zero attached hydrogens (tertiary/aromatic N) is 1. The molecule has 124 valence electrons. The minimum absolute atomic E-state index is 0.00711. The molecule has 0 aliphatic heterocycles. The maximum atomic E-state index is 11.9. The number of sulfone groups is 1. The van der Waals surface area contributed by atoms with Crippen LogP contribution in [0.3, 0.4) is 0 Å². The Morgan fingerprint density at radius 3 is 2.46 bits per heavy atom. The molecule has 2 rings (SSSR count). The first-order chi connectivity index (χ1) is 11.4. The average molecular weight is 343 g/mol. The Balaban J connectivity index is 1.93. The molecule has 1 amide bonds. The van der Waals surface area contributed by atoms with Crippen LogP contribution >= 0.6 is 0 Å². The number of hydrogen-bond acceptors (Lipinski definition) is 5. The van der Waals surface area contributed by atoms with Crippen molar-refractivity contribution >= 4 is 27.1 Å². The topological polar surface area (TPSA) is 99.1 Å². The smallest absolute Gasteiger partial charge is 0.243 e. The van der Waals surface area contributed by atoms with E-state index in [0.29, 0.717) is 17.8 Å². The van der Waals surface area contributed by atoms with E-state index < -0.39 is 9.84 Å². The van der Waals surface area contributed by atoms with E-state index in [9.17, 15) is 13.2 Å². The van der Waals surface area contributed by atoms with E-state index in [2.05, 4.69) is 16.7 Å². The van der Waals surface area contributed by atoms with Crippen molar-refractivity contribution in [1.82, 2.24) is 0 Å². The standard InChI is InChI=1S/C17H17N3O3S/c1-24(22,23)16-4-2-3-15(11-16)19-12-17(21)20-14-7-5-13(6-8-14)9-10-18/h2-8,11,19H,9,12H2,1H3,(H,20,21). The number of nitriles is 1. The number of benzene rings is 2. The van der Waals surface area contributed by atoms with Crippen LogP contribution in [0.1, 0.15) is 5.56 Å². The second kappa shape index (κ2) is 7.62. The molecule has 0 atom stereocenters. The molecule has 2 aromatic carbocycles. The van der Waals surface area contributed by atoms with E-state index in [1.807, 2.05) is 0 Å². The summed E-state index contributed by atoms with van der Waals surface area (Å²) in [6.45, 7) is 0.00711. The van der Waals surface area contributed by atoms with Gasteiger partial charge in [0.05, 0.1) is 23.9 Å². The molecule has 2 aromatic rings. The summed E-state index contributed by atoms with van der Waals surface area (Å²) in [6, 6.07) is 15.4. The molecule has 24 heavy (non-hydrogen) atoms. The second-order valence-corrected chi connectivity index (χ2v) is 7.25. The number of carbonyl (C=O) groups excluding carboxylic acids is 1. The Morgan fingerprint density at radius 1 is 1.12 bits per heavy atom. The highest BCUT2D eigenvalue weighted by atomic mass is 32.2. The van der Waals surface area contributed by atoms with E-state index in [4.69, 9.17) is 5.26 Å². The number of anilines is 2. The zero-order chi connectivity index (χ0) is 17.6. The fourth-order valence-corrected chi connectivity index (χ4v) is 2.69. The lowest BCUT2D eigenvalue weighted by molar-refractivity contribution is -0.114. The van der Waals surface area contributed by atoms with Crippen LogP contribution in [-0.4, -0.2) is 27.1 Å². The summed E-state index contributed by atoms with van der Waals surface area (Å²) in [6.07, 6.45) is 1.46. The van der Waals surface area contributed by atoms with E-state index >= 15 is 0 Å². The number of nitrogens with one attached hydrogen (secondary N) is 2. The minimum Gasteiger partial charge on any atom is -0.376 e. The van der Waals surface area contributed by atoms with Crippen molar-refractivity contribution in [2.75, 3.05) is 23.4 Å². The zero-order valence-electron chi connectivity index (χ0n) is 13.1. The van der Waals surface area contributed by atoms with E-state index in [1.54, 1.807) is 36.4 Å². The lowest BCUT2D eigenvalue weighted by Crippen LogP contribution is -2.21. The van der Waals surface area contributed by atoms with Crippen LogP contribution in [0.4, 0.5) is 11.4 Å². The summed E-state index contributed by atoms with van der Waals surface area (Å²) >= 11 is 0. The van der Waals surface area contributed by atoms with Crippen LogP contribution in [0.25, 0.3) is 0 Å². The normalized spacial score (nSPS) is 10.7. The van der Waals surface area contributed by atoms with Gasteiger partial charge in [-0.3, -0.25) is 4.79 Å². The Hall–Kier alpha value is -2.85. The van der Waals surface area contributed by atoms with Crippen LogP contribution in [0, 0.1) is 11.3 Å². The van der Waals surface area contributed by atoms with Gasteiger partial charge in [0.15, 0.2) is 9.84 Å². The van der Waals surface area contributed by atoms with Gasteiger partial charge in [-0.05, 0) is 35.9 Å². The minimum atomic E-state index is -3.28. The highest BCUT2D eigenvalue weighted by Gasteiger charge is 2.08. The molecule has 0 bridgehead atoms. The van der Waals surface area contributed by atoms with Crippen molar-refractivity contribution in [2.24, 2.45) is 0 Å². The molecule has 0 spiro atoms. The molecule has 0 aliphatic rings. The average Bonchev–Trinajstić information content (AvgIpc) is 2.55. The fraction of sp³-hybridized carbons (Fsp3) is 0.176. The third-order valence-electron chi connectivity index (χ3n) is 3.24. The predicted molar refractivity (Wildman–Crippen MR) is 92.4 cm³/mol. The largest absolute Gasteiger partial charge is 0.376 e. The molecule has 0 saturated carbocycles. The molecule has 0 aliphatic carbocycles. The number of rotatable bonds is 6. The Kier molecular flexibility index (Phi) is 5.55. The summed E-state index contributed by atoms with van der Waals surface area (Å²) in [7, 11) is -3.28. The van der Waals surface area contributed by atoms with Crippen molar-refractivity contribution in [2.45, 2.75) is 11.3 Å². The van der Waals surface area contributed by atoms with Gasteiger partial charge in [-0.2, -0.15) is 5.26 Å². The molecule has 0 radical (unpaired) electrons. The molecule has 7 heteroatoms. The second-order valence-electron chi connectivity index (χ2n) is 5.23. The SMILES string of the molecule is CS(=O)(=O)c1cccc(NCC(=O)Nc2ccc(CC#N)cc2)c1. The van der Waals surface area contributed by atoms with Crippen LogP contribution in [0.15, 0.2) is 53.4 Å².